The number of hydrogen-bond acceptors (Lipinski definition) is 3. The lowest BCUT2D eigenvalue weighted by Gasteiger charge is -2.31. The molecule has 1 fully saturated rings. The first-order chi connectivity index (χ1) is 6.72. The molecule has 0 aromatic heterocycles. The molecule has 0 amide bonds. The zero-order valence-corrected chi connectivity index (χ0v) is 9.72. The first-order valence-electron chi connectivity index (χ1n) is 5.50. The maximum absolute atomic E-state index is 10.3. The van der Waals surface area contributed by atoms with Gasteiger partial charge in [0.1, 0.15) is 0 Å². The van der Waals surface area contributed by atoms with Crippen molar-refractivity contribution in [3.63, 3.8) is 0 Å². The van der Waals surface area contributed by atoms with Crippen molar-refractivity contribution in [2.45, 2.75) is 32.6 Å². The minimum Gasteiger partial charge on any atom is -0.772 e. The summed E-state index contributed by atoms with van der Waals surface area (Å²) in [6, 6.07) is 0. The molecule has 1 aliphatic heterocycles. The van der Waals surface area contributed by atoms with Gasteiger partial charge in [-0.2, -0.15) is 0 Å². The van der Waals surface area contributed by atoms with Gasteiger partial charge in [0.2, 0.25) is 0 Å². The largest absolute Gasteiger partial charge is 0.772 e. The van der Waals surface area contributed by atoms with Gasteiger partial charge in [0, 0.05) is 5.75 Å². The molecule has 0 spiro atoms. The Labute approximate surface area is 89.2 Å². The summed E-state index contributed by atoms with van der Waals surface area (Å²) in [5.41, 5.74) is 0. The van der Waals surface area contributed by atoms with E-state index in [1.807, 2.05) is 0 Å². The molecule has 1 saturated heterocycles. The summed E-state index contributed by atoms with van der Waals surface area (Å²) in [5.74, 6) is 1.22. The van der Waals surface area contributed by atoms with E-state index in [0.717, 1.165) is 32.0 Å². The third-order valence-corrected chi connectivity index (χ3v) is 3.69. The van der Waals surface area contributed by atoms with Crippen LogP contribution in [-0.4, -0.2) is 39.0 Å². The zero-order chi connectivity index (χ0) is 10.4. The first kappa shape index (κ1) is 12.1. The van der Waals surface area contributed by atoms with Gasteiger partial charge in [0.25, 0.3) is 0 Å². The van der Waals surface area contributed by atoms with Crippen LogP contribution in [0, 0.1) is 5.92 Å². The normalized spacial score (nSPS) is 22.4. The third-order valence-electron chi connectivity index (χ3n) is 3.07. The lowest BCUT2D eigenvalue weighted by molar-refractivity contribution is 0.182. The smallest absolute Gasteiger partial charge is 0.0114 e. The molecular formula is C10H20NO2S-. The standard InChI is InChI=1S/C10H21NO2S/c1-2-10-4-7-11(8-5-10)6-3-9-14(12)13/h10H,2-9H2,1H3,(H,12,13)/p-1. The zero-order valence-electron chi connectivity index (χ0n) is 8.91. The summed E-state index contributed by atoms with van der Waals surface area (Å²) in [4.78, 5) is 2.39. The molecule has 0 saturated carbocycles. The summed E-state index contributed by atoms with van der Waals surface area (Å²) in [7, 11) is 0. The van der Waals surface area contributed by atoms with Crippen LogP contribution in [0.4, 0.5) is 0 Å². The Hall–Kier alpha value is 0.0700. The van der Waals surface area contributed by atoms with Crippen LogP contribution in [0.15, 0.2) is 0 Å². The SMILES string of the molecule is CCC1CCN(CCCS(=O)[O-])CC1. The summed E-state index contributed by atoms with van der Waals surface area (Å²) in [6.45, 7) is 5.51. The van der Waals surface area contributed by atoms with Crippen LogP contribution in [0.1, 0.15) is 32.6 Å². The highest BCUT2D eigenvalue weighted by molar-refractivity contribution is 7.79. The average molecular weight is 218 g/mol. The molecule has 14 heavy (non-hydrogen) atoms. The Bertz CT molecular complexity index is 179. The van der Waals surface area contributed by atoms with Crippen molar-refractivity contribution in [3.8, 4) is 0 Å². The molecule has 1 heterocycles. The number of rotatable bonds is 5. The minimum absolute atomic E-state index is 0.313. The van der Waals surface area contributed by atoms with Gasteiger partial charge in [-0.25, -0.2) is 0 Å². The molecule has 0 aromatic carbocycles. The molecule has 0 radical (unpaired) electrons. The second-order valence-corrected chi connectivity index (χ2v) is 5.07. The maximum Gasteiger partial charge on any atom is 0.0114 e. The molecule has 84 valence electrons. The molecular weight excluding hydrogens is 198 g/mol. The highest BCUT2D eigenvalue weighted by Crippen LogP contribution is 2.19. The molecule has 1 aliphatic rings. The highest BCUT2D eigenvalue weighted by Gasteiger charge is 2.16. The fourth-order valence-electron chi connectivity index (χ4n) is 2.02. The summed E-state index contributed by atoms with van der Waals surface area (Å²) in [5, 5.41) is 0. The molecule has 0 aromatic rings. The van der Waals surface area contributed by atoms with E-state index in [0.29, 0.717) is 5.75 Å². The van der Waals surface area contributed by atoms with Crippen LogP contribution in [-0.2, 0) is 11.1 Å². The predicted octanol–water partition coefficient (Wildman–Crippen LogP) is 1.38. The molecule has 0 N–H and O–H groups in total. The van der Waals surface area contributed by atoms with Crippen molar-refractivity contribution in [2.24, 2.45) is 5.92 Å². The van der Waals surface area contributed by atoms with E-state index in [1.165, 1.54) is 19.3 Å². The van der Waals surface area contributed by atoms with Crippen molar-refractivity contribution in [2.75, 3.05) is 25.4 Å². The first-order valence-corrected chi connectivity index (χ1v) is 6.75. The second-order valence-electron chi connectivity index (χ2n) is 4.05. The molecule has 3 nitrogen and oxygen atoms in total. The molecule has 1 rings (SSSR count). The number of likely N-dealkylation sites (tertiary alicyclic amines) is 1. The van der Waals surface area contributed by atoms with E-state index in [4.69, 9.17) is 0 Å². The van der Waals surface area contributed by atoms with Crippen molar-refractivity contribution in [1.29, 1.82) is 0 Å². The number of piperidine rings is 1. The van der Waals surface area contributed by atoms with E-state index < -0.39 is 11.1 Å². The Kier molecular flexibility index (Phi) is 5.67. The lowest BCUT2D eigenvalue weighted by atomic mass is 9.94. The van der Waals surface area contributed by atoms with Gasteiger partial charge in [-0.05, 0) is 44.8 Å². The topological polar surface area (TPSA) is 43.4 Å². The van der Waals surface area contributed by atoms with Crippen LogP contribution in [0.5, 0.6) is 0 Å². The van der Waals surface area contributed by atoms with Crippen molar-refractivity contribution < 1.29 is 8.76 Å². The fraction of sp³-hybridized carbons (Fsp3) is 1.00. The van der Waals surface area contributed by atoms with Gasteiger partial charge in [-0.1, -0.05) is 24.4 Å². The van der Waals surface area contributed by atoms with Crippen LogP contribution in [0.25, 0.3) is 0 Å². The van der Waals surface area contributed by atoms with Gasteiger partial charge < -0.3 is 9.45 Å². The van der Waals surface area contributed by atoms with Crippen molar-refractivity contribution in [1.82, 2.24) is 4.90 Å². The van der Waals surface area contributed by atoms with Crippen LogP contribution in [0.3, 0.4) is 0 Å². The van der Waals surface area contributed by atoms with E-state index >= 15 is 0 Å². The van der Waals surface area contributed by atoms with Crippen LogP contribution in [0.2, 0.25) is 0 Å². The summed E-state index contributed by atoms with van der Waals surface area (Å²) in [6.07, 6.45) is 4.65. The van der Waals surface area contributed by atoms with Crippen LogP contribution < -0.4 is 0 Å². The number of nitrogens with zero attached hydrogens (tertiary/aromatic N) is 1. The van der Waals surface area contributed by atoms with Gasteiger partial charge in [-0.3, -0.25) is 4.21 Å². The average Bonchev–Trinajstić information content (AvgIpc) is 2.18. The minimum atomic E-state index is -1.86. The van der Waals surface area contributed by atoms with Crippen LogP contribution >= 0.6 is 0 Å². The molecule has 1 atom stereocenters. The molecule has 0 bridgehead atoms. The van der Waals surface area contributed by atoms with E-state index in [1.54, 1.807) is 0 Å². The summed E-state index contributed by atoms with van der Waals surface area (Å²) < 4.78 is 20.6. The monoisotopic (exact) mass is 218 g/mol. The quantitative estimate of drug-likeness (QED) is 0.655. The Morgan fingerprint density at radius 3 is 2.57 bits per heavy atom. The van der Waals surface area contributed by atoms with E-state index in [9.17, 15) is 8.76 Å². The van der Waals surface area contributed by atoms with Gasteiger partial charge >= 0.3 is 0 Å². The lowest BCUT2D eigenvalue weighted by Crippen LogP contribution is -2.34. The maximum atomic E-state index is 10.3. The number of hydrogen-bond donors (Lipinski definition) is 0. The van der Waals surface area contributed by atoms with Gasteiger partial charge in [-0.15, -0.1) is 0 Å². The van der Waals surface area contributed by atoms with E-state index in [2.05, 4.69) is 11.8 Å². The fourth-order valence-corrected chi connectivity index (χ4v) is 2.39. The van der Waals surface area contributed by atoms with E-state index in [-0.39, 0.29) is 0 Å². The highest BCUT2D eigenvalue weighted by atomic mass is 32.2. The second kappa shape index (κ2) is 6.53. The molecule has 1 unspecified atom stereocenters. The van der Waals surface area contributed by atoms with Crippen molar-refractivity contribution in [3.05, 3.63) is 0 Å². The Morgan fingerprint density at radius 1 is 1.43 bits per heavy atom. The summed E-state index contributed by atoms with van der Waals surface area (Å²) >= 11 is -1.86. The molecule has 4 heteroatoms. The van der Waals surface area contributed by atoms with Crippen molar-refractivity contribution >= 4 is 11.1 Å². The van der Waals surface area contributed by atoms with Gasteiger partial charge in [0.15, 0.2) is 0 Å². The van der Waals surface area contributed by atoms with Gasteiger partial charge in [0.05, 0.1) is 0 Å². The predicted molar refractivity (Wildman–Crippen MR) is 57.9 cm³/mol. The Morgan fingerprint density at radius 2 is 2.07 bits per heavy atom. The Balaban J connectivity index is 2.07. The third kappa shape index (κ3) is 4.53. The molecule has 0 aliphatic carbocycles.